The predicted molar refractivity (Wildman–Crippen MR) is 162 cm³/mol. The molecule has 1 N–H and O–H groups in total. The lowest BCUT2D eigenvalue weighted by atomic mass is 9.92. The van der Waals surface area contributed by atoms with Crippen LogP contribution in [0.25, 0.3) is 0 Å². The van der Waals surface area contributed by atoms with Crippen LogP contribution in [0, 0.1) is 0 Å². The van der Waals surface area contributed by atoms with Crippen molar-refractivity contribution < 1.29 is 28.5 Å². The minimum Gasteiger partial charge on any atom is -0.493 e. The smallest absolute Gasteiger partial charge is 0.265 e. The van der Waals surface area contributed by atoms with Crippen LogP contribution >= 0.6 is 0 Å². The topological polar surface area (TPSA) is 105 Å². The fraction of sp³-hybridized carbons (Fsp3) is 0.500. The van der Waals surface area contributed by atoms with Crippen LogP contribution in [-0.4, -0.2) is 118 Å². The molecule has 230 valence electrons. The summed E-state index contributed by atoms with van der Waals surface area (Å²) in [5, 5.41) is 1.90. The highest BCUT2D eigenvalue weighted by Gasteiger charge is 2.32. The van der Waals surface area contributed by atoms with E-state index in [-0.39, 0.29) is 18.1 Å². The minimum atomic E-state index is -0.291. The number of fused-ring (bicyclic) bond motifs is 1. The average Bonchev–Trinajstić information content (AvgIpc) is 3.03. The molecule has 3 heterocycles. The van der Waals surface area contributed by atoms with Gasteiger partial charge >= 0.3 is 0 Å². The largest absolute Gasteiger partial charge is 0.493 e. The number of hydrazine groups is 1. The summed E-state index contributed by atoms with van der Waals surface area (Å²) >= 11 is 0. The highest BCUT2D eigenvalue weighted by Crippen LogP contribution is 2.34. The number of methoxy groups -OCH3 is 1. The van der Waals surface area contributed by atoms with E-state index >= 15 is 0 Å². The van der Waals surface area contributed by atoms with Crippen LogP contribution in [0.3, 0.4) is 0 Å². The second kappa shape index (κ2) is 14.5. The quantitative estimate of drug-likeness (QED) is 0.307. The molecule has 0 aromatic heterocycles. The molecule has 1 aromatic rings. The van der Waals surface area contributed by atoms with Gasteiger partial charge in [-0.3, -0.25) is 20.1 Å². The maximum absolute atomic E-state index is 12.9. The van der Waals surface area contributed by atoms with Gasteiger partial charge in [0.2, 0.25) is 0 Å². The van der Waals surface area contributed by atoms with Crippen molar-refractivity contribution in [2.75, 3.05) is 72.7 Å². The van der Waals surface area contributed by atoms with Gasteiger partial charge in [0.05, 0.1) is 44.8 Å². The molecule has 1 atom stereocenters. The first-order valence-electron chi connectivity index (χ1n) is 15.0. The molecular weight excluding hydrogens is 550 g/mol. The van der Waals surface area contributed by atoms with E-state index in [0.717, 1.165) is 56.3 Å². The number of hydrogen-bond donors (Lipinski definition) is 1. The number of nitrogens with zero attached hydrogens (tertiary/aromatic N) is 4. The molecule has 0 bridgehead atoms. The monoisotopic (exact) mass is 591 g/mol. The molecule has 1 aromatic carbocycles. The van der Waals surface area contributed by atoms with E-state index in [1.165, 1.54) is 0 Å². The predicted octanol–water partition coefficient (Wildman–Crippen LogP) is 2.37. The first-order chi connectivity index (χ1) is 20.9. The number of hydrogen-bond acceptors (Lipinski definition) is 10. The summed E-state index contributed by atoms with van der Waals surface area (Å²) in [5.41, 5.74) is 5.63. The van der Waals surface area contributed by atoms with Gasteiger partial charge in [0, 0.05) is 63.2 Å². The van der Waals surface area contributed by atoms with E-state index in [2.05, 4.69) is 26.2 Å². The Hall–Kier alpha value is -3.89. The van der Waals surface area contributed by atoms with Gasteiger partial charge in [0.1, 0.15) is 17.3 Å². The number of amides is 1. The highest BCUT2D eigenvalue weighted by molar-refractivity contribution is 5.97. The summed E-state index contributed by atoms with van der Waals surface area (Å²) < 4.78 is 22.9. The summed E-state index contributed by atoms with van der Waals surface area (Å²) in [4.78, 5) is 34.0. The van der Waals surface area contributed by atoms with Gasteiger partial charge < -0.3 is 23.8 Å². The lowest BCUT2D eigenvalue weighted by molar-refractivity contribution is 0.0341. The summed E-state index contributed by atoms with van der Waals surface area (Å²) in [7, 11) is 1.62. The van der Waals surface area contributed by atoms with Crippen LogP contribution in [0.5, 0.6) is 5.75 Å². The van der Waals surface area contributed by atoms with E-state index < -0.39 is 0 Å². The van der Waals surface area contributed by atoms with Gasteiger partial charge in [-0.15, -0.1) is 0 Å². The molecule has 2 fully saturated rings. The zero-order valence-electron chi connectivity index (χ0n) is 25.2. The molecule has 5 rings (SSSR count). The number of ether oxygens (including phenoxy) is 4. The van der Waals surface area contributed by atoms with E-state index in [0.29, 0.717) is 55.4 Å². The molecule has 2 saturated heterocycles. The van der Waals surface area contributed by atoms with Crippen LogP contribution in [0.2, 0.25) is 0 Å². The number of morpholine rings is 1. The fourth-order valence-electron chi connectivity index (χ4n) is 5.52. The second-order valence-corrected chi connectivity index (χ2v) is 11.0. The van der Waals surface area contributed by atoms with Crippen molar-refractivity contribution in [3.8, 4) is 5.75 Å². The van der Waals surface area contributed by atoms with Crippen LogP contribution < -0.4 is 10.2 Å². The van der Waals surface area contributed by atoms with Gasteiger partial charge in [-0.2, -0.15) is 0 Å². The standard InChI is InChI=1S/C32H41N5O6/c1-23(2)43-26-7-5-24(6-8-26)32(39)34-37-12-10-36(11-13-37)31-25(22-38)21-33-28-20-30(29(40-3)19-27(28)31)42-16-4-9-35-14-17-41-18-15-35/h5-8,19-21,23,28H,4,9-18H2,1-3H3,(H,34,39). The van der Waals surface area contributed by atoms with Gasteiger partial charge in [0.25, 0.3) is 5.91 Å². The Morgan fingerprint density at radius 2 is 1.84 bits per heavy atom. The number of allylic oxidation sites excluding steroid dienone is 1. The normalized spacial score (nSPS) is 21.2. The van der Waals surface area contributed by atoms with Gasteiger partial charge in [-0.1, -0.05) is 0 Å². The SMILES string of the molecule is COC1=CC2=C(N3CCN(NC(=O)c4ccc(OC(C)C)cc4)CC3)C(=C=O)C=NC2C=C1OCCCN1CCOCC1. The van der Waals surface area contributed by atoms with Crippen molar-refractivity contribution in [1.29, 1.82) is 0 Å². The summed E-state index contributed by atoms with van der Waals surface area (Å²) in [6.45, 7) is 11.3. The fourth-order valence-corrected chi connectivity index (χ4v) is 5.52. The first-order valence-corrected chi connectivity index (χ1v) is 15.0. The zero-order chi connectivity index (χ0) is 30.2. The van der Waals surface area contributed by atoms with Crippen LogP contribution in [0.15, 0.2) is 69.8 Å². The molecule has 11 heteroatoms. The van der Waals surface area contributed by atoms with E-state index in [1.54, 1.807) is 37.6 Å². The molecule has 1 unspecified atom stereocenters. The number of nitrogens with one attached hydrogen (secondary N) is 1. The third-order valence-corrected chi connectivity index (χ3v) is 7.70. The zero-order valence-corrected chi connectivity index (χ0v) is 25.2. The van der Waals surface area contributed by atoms with Gasteiger partial charge in [-0.05, 0) is 56.7 Å². The lowest BCUT2D eigenvalue weighted by Gasteiger charge is -2.39. The molecule has 1 amide bonds. The van der Waals surface area contributed by atoms with Crippen molar-refractivity contribution in [3.05, 3.63) is 70.3 Å². The van der Waals surface area contributed by atoms with E-state index in [9.17, 15) is 9.59 Å². The van der Waals surface area contributed by atoms with Crippen molar-refractivity contribution in [2.45, 2.75) is 32.4 Å². The summed E-state index contributed by atoms with van der Waals surface area (Å²) in [6, 6.07) is 6.84. The second-order valence-electron chi connectivity index (χ2n) is 11.0. The Kier molecular flexibility index (Phi) is 10.3. The van der Waals surface area contributed by atoms with E-state index in [4.69, 9.17) is 18.9 Å². The van der Waals surface area contributed by atoms with Gasteiger partial charge in [-0.25, -0.2) is 9.80 Å². The van der Waals surface area contributed by atoms with Gasteiger partial charge in [0.15, 0.2) is 11.5 Å². The Balaban J connectivity index is 1.20. The third kappa shape index (κ3) is 7.74. The van der Waals surface area contributed by atoms with Crippen molar-refractivity contribution in [2.24, 2.45) is 4.99 Å². The maximum Gasteiger partial charge on any atom is 0.265 e. The molecule has 1 aliphatic carbocycles. The summed E-state index contributed by atoms with van der Waals surface area (Å²) in [6.07, 6.45) is 6.43. The number of aliphatic imine (C=N–C) groups is 1. The Bertz CT molecular complexity index is 1310. The number of carbonyl (C=O) groups excluding carboxylic acids is 2. The molecule has 0 spiro atoms. The molecule has 3 aliphatic heterocycles. The Morgan fingerprint density at radius 3 is 2.51 bits per heavy atom. The number of piperazine rings is 1. The molecule has 0 radical (unpaired) electrons. The Morgan fingerprint density at radius 1 is 1.09 bits per heavy atom. The number of rotatable bonds is 11. The highest BCUT2D eigenvalue weighted by atomic mass is 16.5. The van der Waals surface area contributed by atoms with E-state index in [1.807, 2.05) is 31.0 Å². The number of dihydropyridines is 1. The third-order valence-electron chi connectivity index (χ3n) is 7.70. The number of carbonyl (C=O) groups is 1. The molecule has 11 nitrogen and oxygen atoms in total. The molecule has 43 heavy (non-hydrogen) atoms. The first kappa shape index (κ1) is 30.6. The molecule has 4 aliphatic rings. The van der Waals surface area contributed by atoms with Crippen molar-refractivity contribution >= 4 is 18.1 Å². The van der Waals surface area contributed by atoms with Crippen LogP contribution in [0.4, 0.5) is 0 Å². The van der Waals surface area contributed by atoms with Crippen molar-refractivity contribution in [1.82, 2.24) is 20.2 Å². The summed E-state index contributed by atoms with van der Waals surface area (Å²) in [5.74, 6) is 3.89. The number of benzene rings is 1. The average molecular weight is 592 g/mol. The molecular formula is C32H41N5O6. The lowest BCUT2D eigenvalue weighted by Crippen LogP contribution is -2.53. The maximum atomic E-state index is 12.9. The van der Waals surface area contributed by atoms with Crippen molar-refractivity contribution in [3.63, 3.8) is 0 Å². The van der Waals surface area contributed by atoms with Crippen LogP contribution in [-0.2, 0) is 19.0 Å². The molecule has 0 saturated carbocycles. The Labute approximate surface area is 253 Å². The minimum absolute atomic E-state index is 0.0691. The van der Waals surface area contributed by atoms with Crippen LogP contribution in [0.1, 0.15) is 30.6 Å².